The lowest BCUT2D eigenvalue weighted by Crippen LogP contribution is -1.98. The third-order valence-electron chi connectivity index (χ3n) is 1.61. The van der Waals surface area contributed by atoms with E-state index < -0.39 is 11.8 Å². The van der Waals surface area contributed by atoms with Gasteiger partial charge in [-0.3, -0.25) is 0 Å². The van der Waals surface area contributed by atoms with Crippen molar-refractivity contribution in [2.45, 2.75) is 0 Å². The largest absolute Gasteiger partial charge is 0.466 e. The number of halogens is 2. The predicted molar refractivity (Wildman–Crippen MR) is 56.2 cm³/mol. The molecule has 0 heterocycles. The highest BCUT2D eigenvalue weighted by atomic mass is 35.5. The van der Waals surface area contributed by atoms with Crippen LogP contribution in [0, 0.1) is 5.82 Å². The van der Waals surface area contributed by atoms with Crippen molar-refractivity contribution in [1.82, 2.24) is 0 Å². The van der Waals surface area contributed by atoms with Gasteiger partial charge in [0.15, 0.2) is 0 Å². The Bertz CT molecular complexity index is 373. The first kappa shape index (κ1) is 11.5. The van der Waals surface area contributed by atoms with E-state index in [1.165, 1.54) is 25.4 Å². The second-order valence-electron chi connectivity index (χ2n) is 2.60. The molecule has 0 atom stereocenters. The minimum atomic E-state index is -0.532. The van der Waals surface area contributed by atoms with Gasteiger partial charge in [-0.15, -0.1) is 0 Å². The quantitative estimate of drug-likeness (QED) is 0.640. The molecule has 80 valence electrons. The molecule has 0 amide bonds. The van der Waals surface area contributed by atoms with Crippen LogP contribution in [0.15, 0.2) is 30.5 Å². The van der Waals surface area contributed by atoms with Crippen LogP contribution in [0.5, 0.6) is 0 Å². The van der Waals surface area contributed by atoms with Gasteiger partial charge in [0.25, 0.3) is 0 Å². The van der Waals surface area contributed by atoms with Gasteiger partial charge in [-0.2, -0.15) is 0 Å². The predicted octanol–water partition coefficient (Wildman–Crippen LogP) is 2.58. The second-order valence-corrected chi connectivity index (χ2v) is 3.00. The number of hydrogen-bond donors (Lipinski definition) is 1. The molecule has 0 spiro atoms. The zero-order valence-corrected chi connectivity index (χ0v) is 8.72. The molecule has 0 saturated carbocycles. The number of anilines is 1. The number of benzene rings is 1. The molecule has 0 fully saturated rings. The molecular weight excluding hydrogens is 221 g/mol. The van der Waals surface area contributed by atoms with Crippen molar-refractivity contribution in [2.75, 3.05) is 12.4 Å². The molecule has 0 aliphatic heterocycles. The SMILES string of the molecule is COC(=O)/C=C/Nc1c(F)cccc1Cl. The Morgan fingerprint density at radius 1 is 1.60 bits per heavy atom. The van der Waals surface area contributed by atoms with Crippen LogP contribution in [0.4, 0.5) is 10.1 Å². The summed E-state index contributed by atoms with van der Waals surface area (Å²) in [5.41, 5.74) is 0.124. The van der Waals surface area contributed by atoms with E-state index in [0.717, 1.165) is 6.08 Å². The van der Waals surface area contributed by atoms with Gasteiger partial charge < -0.3 is 10.1 Å². The van der Waals surface area contributed by atoms with Crippen LogP contribution in [-0.2, 0) is 9.53 Å². The van der Waals surface area contributed by atoms with Gasteiger partial charge in [0, 0.05) is 12.3 Å². The third-order valence-corrected chi connectivity index (χ3v) is 1.93. The summed E-state index contributed by atoms with van der Waals surface area (Å²) in [7, 11) is 1.25. The number of methoxy groups -OCH3 is 1. The van der Waals surface area contributed by atoms with Gasteiger partial charge in [-0.25, -0.2) is 9.18 Å². The maximum absolute atomic E-state index is 13.2. The van der Waals surface area contributed by atoms with E-state index in [9.17, 15) is 9.18 Å². The first-order valence-corrected chi connectivity index (χ1v) is 4.48. The van der Waals surface area contributed by atoms with Crippen molar-refractivity contribution >= 4 is 23.3 Å². The fraction of sp³-hybridized carbons (Fsp3) is 0.100. The normalized spacial score (nSPS) is 10.3. The van der Waals surface area contributed by atoms with Gasteiger partial charge in [-0.1, -0.05) is 17.7 Å². The summed E-state index contributed by atoms with van der Waals surface area (Å²) in [6.45, 7) is 0. The van der Waals surface area contributed by atoms with E-state index in [1.807, 2.05) is 0 Å². The fourth-order valence-electron chi connectivity index (χ4n) is 0.897. The molecule has 0 unspecified atom stereocenters. The number of carbonyl (C=O) groups excluding carboxylic acids is 1. The van der Waals surface area contributed by atoms with E-state index in [0.29, 0.717) is 0 Å². The first-order chi connectivity index (χ1) is 7.15. The van der Waals surface area contributed by atoms with Crippen molar-refractivity contribution in [3.05, 3.63) is 41.3 Å². The molecule has 1 rings (SSSR count). The number of hydrogen-bond acceptors (Lipinski definition) is 3. The molecule has 5 heteroatoms. The summed E-state index contributed by atoms with van der Waals surface area (Å²) in [6, 6.07) is 4.30. The summed E-state index contributed by atoms with van der Waals surface area (Å²) in [5, 5.41) is 2.80. The number of nitrogens with one attached hydrogen (secondary N) is 1. The average Bonchev–Trinajstić information content (AvgIpc) is 2.22. The number of carbonyl (C=O) groups is 1. The molecular formula is C10H9ClFNO2. The Morgan fingerprint density at radius 3 is 2.93 bits per heavy atom. The van der Waals surface area contributed by atoms with Crippen LogP contribution >= 0.6 is 11.6 Å². The van der Waals surface area contributed by atoms with Crippen molar-refractivity contribution in [1.29, 1.82) is 0 Å². The van der Waals surface area contributed by atoms with Crippen LogP contribution in [0.25, 0.3) is 0 Å². The first-order valence-electron chi connectivity index (χ1n) is 4.10. The molecule has 1 N–H and O–H groups in total. The second kappa shape index (κ2) is 5.36. The van der Waals surface area contributed by atoms with Crippen molar-refractivity contribution in [3.63, 3.8) is 0 Å². The monoisotopic (exact) mass is 229 g/mol. The Hall–Kier alpha value is -1.55. The maximum atomic E-state index is 13.2. The van der Waals surface area contributed by atoms with E-state index in [1.54, 1.807) is 6.07 Å². The van der Waals surface area contributed by atoms with Gasteiger partial charge in [0.05, 0.1) is 17.8 Å². The molecule has 0 aromatic heterocycles. The lowest BCUT2D eigenvalue weighted by atomic mass is 10.3. The fourth-order valence-corrected chi connectivity index (χ4v) is 1.11. The Kier molecular flexibility index (Phi) is 4.12. The van der Waals surface area contributed by atoms with E-state index in [2.05, 4.69) is 10.1 Å². The summed E-state index contributed by atoms with van der Waals surface area (Å²) >= 11 is 5.73. The van der Waals surface area contributed by atoms with Gasteiger partial charge in [-0.05, 0) is 12.1 Å². The molecule has 0 bridgehead atoms. The van der Waals surface area contributed by atoms with Crippen molar-refractivity contribution in [3.8, 4) is 0 Å². The Labute approximate surface area is 91.5 Å². The molecule has 0 aliphatic carbocycles. The molecule has 1 aromatic rings. The summed E-state index contributed by atoms with van der Waals surface area (Å²) < 4.78 is 17.5. The smallest absolute Gasteiger partial charge is 0.331 e. The standard InChI is InChI=1S/C10H9ClFNO2/c1-15-9(14)5-6-13-10-7(11)3-2-4-8(10)12/h2-6,13H,1H3/b6-5+. The maximum Gasteiger partial charge on any atom is 0.331 e. The van der Waals surface area contributed by atoms with E-state index in [-0.39, 0.29) is 10.7 Å². The van der Waals surface area contributed by atoms with Crippen molar-refractivity contribution < 1.29 is 13.9 Å². The van der Waals surface area contributed by atoms with Gasteiger partial charge in [0.2, 0.25) is 0 Å². The highest BCUT2D eigenvalue weighted by Gasteiger charge is 2.03. The molecule has 15 heavy (non-hydrogen) atoms. The summed E-state index contributed by atoms with van der Waals surface area (Å²) in [4.78, 5) is 10.7. The lowest BCUT2D eigenvalue weighted by Gasteiger charge is -2.04. The number of para-hydroxylation sites is 1. The number of ether oxygens (including phenoxy) is 1. The number of rotatable bonds is 3. The minimum absolute atomic E-state index is 0.124. The zero-order valence-electron chi connectivity index (χ0n) is 7.96. The Morgan fingerprint density at radius 2 is 2.33 bits per heavy atom. The third kappa shape index (κ3) is 3.25. The molecule has 3 nitrogen and oxygen atoms in total. The van der Waals surface area contributed by atoms with Crippen LogP contribution in [0.1, 0.15) is 0 Å². The van der Waals surface area contributed by atoms with Crippen LogP contribution in [-0.4, -0.2) is 13.1 Å². The van der Waals surface area contributed by atoms with Gasteiger partial charge in [0.1, 0.15) is 5.82 Å². The number of esters is 1. The summed E-state index contributed by atoms with van der Waals surface area (Å²) in [6.07, 6.45) is 2.39. The molecule has 0 saturated heterocycles. The summed E-state index contributed by atoms with van der Waals surface area (Å²) in [5.74, 6) is -1.02. The van der Waals surface area contributed by atoms with E-state index >= 15 is 0 Å². The highest BCUT2D eigenvalue weighted by Crippen LogP contribution is 2.24. The van der Waals surface area contributed by atoms with E-state index in [4.69, 9.17) is 11.6 Å². The zero-order chi connectivity index (χ0) is 11.3. The topological polar surface area (TPSA) is 38.3 Å². The van der Waals surface area contributed by atoms with Crippen LogP contribution in [0.3, 0.4) is 0 Å². The average molecular weight is 230 g/mol. The van der Waals surface area contributed by atoms with Crippen molar-refractivity contribution in [2.24, 2.45) is 0 Å². The molecule has 0 aliphatic rings. The molecule has 1 aromatic carbocycles. The lowest BCUT2D eigenvalue weighted by molar-refractivity contribution is -0.134. The van der Waals surface area contributed by atoms with Crippen LogP contribution < -0.4 is 5.32 Å². The Balaban J connectivity index is 2.73. The minimum Gasteiger partial charge on any atom is -0.466 e. The highest BCUT2D eigenvalue weighted by molar-refractivity contribution is 6.33. The van der Waals surface area contributed by atoms with Gasteiger partial charge >= 0.3 is 5.97 Å². The van der Waals surface area contributed by atoms with Crippen LogP contribution in [0.2, 0.25) is 5.02 Å². The molecule has 0 radical (unpaired) electrons.